The number of furan rings is 1. The van der Waals surface area contributed by atoms with E-state index in [0.29, 0.717) is 0 Å². The van der Waals surface area contributed by atoms with Gasteiger partial charge in [0.2, 0.25) is 0 Å². The smallest absolute Gasteiger partial charge is 0.137 e. The van der Waals surface area contributed by atoms with E-state index in [-0.39, 0.29) is 0 Å². The van der Waals surface area contributed by atoms with E-state index in [1.807, 2.05) is 34.8 Å². The van der Waals surface area contributed by atoms with Gasteiger partial charge >= 0.3 is 0 Å². The van der Waals surface area contributed by atoms with Gasteiger partial charge in [0.1, 0.15) is 11.2 Å². The zero-order valence-corrected chi connectivity index (χ0v) is 69.2. The Labute approximate surface area is 707 Å². The van der Waals surface area contributed by atoms with E-state index in [4.69, 9.17) is 4.42 Å². The third kappa shape index (κ3) is 12.6. The van der Waals surface area contributed by atoms with Crippen LogP contribution in [-0.4, -0.2) is 13.7 Å². The van der Waals surface area contributed by atoms with E-state index in [0.717, 1.165) is 41.0 Å². The zero-order valence-electron chi connectivity index (χ0n) is 62.8. The lowest BCUT2D eigenvalue weighted by Crippen LogP contribution is -1.94. The molecule has 0 spiro atoms. The number of hydrogen-bond donors (Lipinski definition) is 0. The molecule has 9 heteroatoms. The number of para-hydroxylation sites is 4. The molecule has 24 aromatic rings. The summed E-state index contributed by atoms with van der Waals surface area (Å²) in [4.78, 5) is 0. The number of fused-ring (bicyclic) bond motifs is 18. The Morgan fingerprint density at radius 3 is 1.05 bits per heavy atom. The van der Waals surface area contributed by atoms with Gasteiger partial charge in [0, 0.05) is 104 Å². The van der Waals surface area contributed by atoms with Crippen LogP contribution in [0.25, 0.3) is 212 Å². The second-order valence-electron chi connectivity index (χ2n) is 29.8. The van der Waals surface area contributed by atoms with Crippen LogP contribution in [0.1, 0.15) is 0 Å². The molecule has 0 saturated heterocycles. The fourth-order valence-electron chi connectivity index (χ4n) is 17.5. The molecule has 552 valence electrons. The van der Waals surface area contributed by atoms with Crippen molar-refractivity contribution in [2.75, 3.05) is 0 Å². The molecule has 117 heavy (non-hydrogen) atoms. The Morgan fingerprint density at radius 2 is 0.538 bits per heavy atom. The first-order valence-corrected chi connectivity index (χ1v) is 43.1. The number of halogens is 3. The van der Waals surface area contributed by atoms with Crippen LogP contribution in [-0.2, 0) is 0 Å². The number of benzene rings is 18. The van der Waals surface area contributed by atoms with E-state index >= 15 is 0 Å². The predicted octanol–water partition coefficient (Wildman–Crippen LogP) is 33.3. The highest BCUT2D eigenvalue weighted by molar-refractivity contribution is 9.11. The van der Waals surface area contributed by atoms with Gasteiger partial charge in [0.15, 0.2) is 0 Å². The molecule has 0 atom stereocenters. The molecule has 6 aromatic heterocycles. The average Bonchev–Trinajstić information content (AvgIpc) is 1.58. The predicted molar refractivity (Wildman–Crippen MR) is 511 cm³/mol. The summed E-state index contributed by atoms with van der Waals surface area (Å²) in [6.07, 6.45) is 0. The van der Waals surface area contributed by atoms with Crippen molar-refractivity contribution in [1.82, 2.24) is 13.7 Å². The van der Waals surface area contributed by atoms with Crippen molar-refractivity contribution in [3.05, 3.63) is 414 Å². The van der Waals surface area contributed by atoms with Gasteiger partial charge in [-0.25, -0.2) is 0 Å². The number of hydrogen-bond acceptors (Lipinski definition) is 3. The molecule has 0 amide bonds. The van der Waals surface area contributed by atoms with Crippen LogP contribution in [0.4, 0.5) is 0 Å². The van der Waals surface area contributed by atoms with Gasteiger partial charge in [-0.2, -0.15) is 0 Å². The number of rotatable bonds is 9. The van der Waals surface area contributed by atoms with Gasteiger partial charge < -0.3 is 18.1 Å². The summed E-state index contributed by atoms with van der Waals surface area (Å²) in [7, 11) is 0. The van der Waals surface area contributed by atoms with Crippen molar-refractivity contribution in [3.63, 3.8) is 0 Å². The molecule has 0 aliphatic carbocycles. The van der Waals surface area contributed by atoms with Crippen molar-refractivity contribution < 1.29 is 4.42 Å². The van der Waals surface area contributed by atoms with Crippen LogP contribution >= 0.6 is 70.5 Å². The molecule has 24 rings (SSSR count). The van der Waals surface area contributed by atoms with Crippen LogP contribution in [0.3, 0.4) is 0 Å². The highest BCUT2D eigenvalue weighted by Crippen LogP contribution is 2.46. The van der Waals surface area contributed by atoms with Crippen molar-refractivity contribution in [2.24, 2.45) is 0 Å². The highest BCUT2D eigenvalue weighted by atomic mass is 79.9. The van der Waals surface area contributed by atoms with Gasteiger partial charge in [0.05, 0.1) is 49.2 Å². The largest absolute Gasteiger partial charge is 0.456 e. The topological polar surface area (TPSA) is 27.9 Å². The van der Waals surface area contributed by atoms with E-state index < -0.39 is 0 Å². The zero-order chi connectivity index (χ0) is 77.8. The number of thiophene rings is 2. The third-order valence-electron chi connectivity index (χ3n) is 23.0. The molecule has 0 bridgehead atoms. The molecule has 18 aromatic carbocycles. The molecule has 0 N–H and O–H groups in total. The van der Waals surface area contributed by atoms with Crippen molar-refractivity contribution in [3.8, 4) is 83.8 Å². The summed E-state index contributed by atoms with van der Waals surface area (Å²) in [6, 6.07) is 145. The SMILES string of the molecule is Brc1ccc(-c2cccc(-c3ccc4c(c3)c3ccccc3n4-c3ccc4c(c3)oc3ccccc34)c2)cc1.Brc1ccc(-c2cccc(-c3ccc4c(c3)c3ccccc3n4-c3cccc4c3sc3ccccc34)c2)cc1.Brc1ccc(-c2cccc(-c3ccc4c(c3)c3ccccc3n4-c3cccc4sc5ccccc5c34)c2)cc1. The molecule has 6 heterocycles. The molecular weight excluding hydrogens is 1660 g/mol. The lowest BCUT2D eigenvalue weighted by atomic mass is 9.98. The lowest BCUT2D eigenvalue weighted by molar-refractivity contribution is 0.668. The Balaban J connectivity index is 0.000000106. The fraction of sp³-hybridized carbons (Fsp3) is 0. The van der Waals surface area contributed by atoms with Gasteiger partial charge in [-0.05, 0) is 224 Å². The summed E-state index contributed by atoms with van der Waals surface area (Å²) in [5, 5.41) is 15.2. The second kappa shape index (κ2) is 29.4. The van der Waals surface area contributed by atoms with Crippen LogP contribution in [0.5, 0.6) is 0 Å². The summed E-state index contributed by atoms with van der Waals surface area (Å²) in [5.41, 5.74) is 27.3. The monoisotopic (exact) mass is 1720 g/mol. The Morgan fingerprint density at radius 1 is 0.197 bits per heavy atom. The quantitative estimate of drug-likeness (QED) is 0.142. The van der Waals surface area contributed by atoms with Crippen molar-refractivity contribution in [1.29, 1.82) is 0 Å². The first kappa shape index (κ1) is 70.7. The molecule has 4 nitrogen and oxygen atoms in total. The molecule has 0 aliphatic heterocycles. The first-order valence-electron chi connectivity index (χ1n) is 39.1. The van der Waals surface area contributed by atoms with Crippen LogP contribution in [0, 0.1) is 0 Å². The second-order valence-corrected chi connectivity index (χ2v) is 34.7. The van der Waals surface area contributed by atoms with Gasteiger partial charge in [-0.1, -0.05) is 284 Å². The minimum Gasteiger partial charge on any atom is -0.456 e. The fourth-order valence-corrected chi connectivity index (χ4v) is 20.6. The van der Waals surface area contributed by atoms with Gasteiger partial charge in [0.25, 0.3) is 0 Å². The number of nitrogens with zero attached hydrogens (tertiary/aromatic N) is 3. The maximum atomic E-state index is 6.23. The van der Waals surface area contributed by atoms with Crippen LogP contribution < -0.4 is 0 Å². The van der Waals surface area contributed by atoms with E-state index in [2.05, 4.69) is 450 Å². The van der Waals surface area contributed by atoms with Crippen molar-refractivity contribution >= 4 is 198 Å². The van der Waals surface area contributed by atoms with E-state index in [1.54, 1.807) is 0 Å². The maximum Gasteiger partial charge on any atom is 0.137 e. The molecule has 0 aliphatic rings. The third-order valence-corrected chi connectivity index (χ3v) is 26.9. The van der Waals surface area contributed by atoms with Crippen LogP contribution in [0.2, 0.25) is 0 Å². The Hall–Kier alpha value is -13.0. The van der Waals surface area contributed by atoms with Gasteiger partial charge in [-0.15, -0.1) is 22.7 Å². The highest BCUT2D eigenvalue weighted by Gasteiger charge is 2.22. The van der Waals surface area contributed by atoms with Crippen molar-refractivity contribution in [2.45, 2.75) is 0 Å². The average molecular weight is 1730 g/mol. The van der Waals surface area contributed by atoms with E-state index in [1.165, 1.54) is 184 Å². The number of aromatic nitrogens is 3. The summed E-state index contributed by atoms with van der Waals surface area (Å²) in [5.74, 6) is 0. The molecule has 0 saturated carbocycles. The lowest BCUT2D eigenvalue weighted by Gasteiger charge is -2.11. The molecular formula is C108H66Br3N3OS2. The molecule has 0 unspecified atom stereocenters. The Bertz CT molecular complexity index is 8050. The minimum absolute atomic E-state index is 0.904. The summed E-state index contributed by atoms with van der Waals surface area (Å²) < 4.78 is 22.1. The first-order chi connectivity index (χ1) is 57.7. The minimum atomic E-state index is 0.904. The maximum absolute atomic E-state index is 6.23. The summed E-state index contributed by atoms with van der Waals surface area (Å²) >= 11 is 14.4. The van der Waals surface area contributed by atoms with E-state index in [9.17, 15) is 0 Å². The molecule has 0 fully saturated rings. The van der Waals surface area contributed by atoms with Gasteiger partial charge in [-0.3, -0.25) is 0 Å². The standard InChI is InChI=1S/C36H22BrNO.2C36H22BrNS/c37-27-15-12-23(13-16-27)24-6-5-7-25(20-24)26-14-19-34-32(21-26)29-8-1-3-10-33(29)38(34)28-17-18-31-30-9-2-4-11-35(30)39-36(31)22-28;37-27-18-15-23(16-19-27)24-7-5-8-25(21-24)26-17-20-33-31(22-26)28-9-1-3-12-32(28)38(33)34-13-6-11-30-29-10-2-4-14-35(29)39-36(30)34;37-27-18-15-23(16-19-27)24-7-5-8-25(21-24)26-17-20-32-30(22-26)28-9-1-3-11-31(28)38(32)33-12-6-14-35-36(33)29-10-2-4-13-34(29)39-35/h3*1-22H. The normalized spacial score (nSPS) is 11.7. The molecule has 0 radical (unpaired) electrons. The Kier molecular flexibility index (Phi) is 17.8. The van der Waals surface area contributed by atoms with Crippen LogP contribution in [0.15, 0.2) is 418 Å². The summed E-state index contributed by atoms with van der Waals surface area (Å²) in [6.45, 7) is 0.